The summed E-state index contributed by atoms with van der Waals surface area (Å²) in [7, 11) is 0. The molecule has 0 N–H and O–H groups in total. The van der Waals surface area contributed by atoms with E-state index in [1.807, 2.05) is 24.3 Å². The van der Waals surface area contributed by atoms with Gasteiger partial charge in [-0.2, -0.15) is 0 Å². The normalized spacial score (nSPS) is 24.9. The summed E-state index contributed by atoms with van der Waals surface area (Å²) >= 11 is 0. The standard InChI is InChI=1S/C14H18N2O3/c1-10-7-15(8-11(2)18-10)9-16-12-5-3-4-6-13(12)19-14(16)17/h3-6,10-11H,7-9H2,1-2H3/t10-,11-/m1/s1. The van der Waals surface area contributed by atoms with Gasteiger partial charge in [0, 0.05) is 13.1 Å². The molecular formula is C14H18N2O3. The molecule has 0 aliphatic carbocycles. The predicted molar refractivity (Wildman–Crippen MR) is 72.1 cm³/mol. The number of ether oxygens (including phenoxy) is 1. The Hall–Kier alpha value is -1.59. The molecule has 1 aliphatic heterocycles. The molecule has 3 rings (SSSR count). The molecule has 2 aromatic rings. The van der Waals surface area contributed by atoms with Gasteiger partial charge < -0.3 is 9.15 Å². The molecule has 1 aromatic carbocycles. The fourth-order valence-corrected chi connectivity index (χ4v) is 2.75. The highest BCUT2D eigenvalue weighted by Gasteiger charge is 2.23. The SMILES string of the molecule is C[C@@H]1CN(Cn2c(=O)oc3ccccc32)C[C@@H](C)O1. The maximum atomic E-state index is 11.9. The molecule has 2 atom stereocenters. The number of para-hydroxylation sites is 2. The van der Waals surface area contributed by atoms with Crippen LogP contribution in [-0.2, 0) is 11.4 Å². The van der Waals surface area contributed by atoms with Gasteiger partial charge in [0.05, 0.1) is 24.4 Å². The molecule has 102 valence electrons. The largest absolute Gasteiger partial charge is 0.421 e. The van der Waals surface area contributed by atoms with Crippen LogP contribution >= 0.6 is 0 Å². The molecule has 0 unspecified atom stereocenters. The highest BCUT2D eigenvalue weighted by Crippen LogP contribution is 2.15. The Morgan fingerprint density at radius 2 is 1.89 bits per heavy atom. The number of hydrogen-bond donors (Lipinski definition) is 0. The number of nitrogens with zero attached hydrogens (tertiary/aromatic N) is 2. The number of morpholine rings is 1. The highest BCUT2D eigenvalue weighted by atomic mass is 16.5. The predicted octanol–water partition coefficient (Wildman–Crippen LogP) is 1.66. The van der Waals surface area contributed by atoms with E-state index >= 15 is 0 Å². The van der Waals surface area contributed by atoms with Crippen molar-refractivity contribution in [3.05, 3.63) is 34.8 Å². The number of aromatic nitrogens is 1. The van der Waals surface area contributed by atoms with E-state index in [1.165, 1.54) is 0 Å². The van der Waals surface area contributed by atoms with Crippen molar-refractivity contribution in [3.8, 4) is 0 Å². The summed E-state index contributed by atoms with van der Waals surface area (Å²) < 4.78 is 12.6. The van der Waals surface area contributed by atoms with E-state index in [4.69, 9.17) is 9.15 Å². The Morgan fingerprint density at radius 1 is 1.21 bits per heavy atom. The van der Waals surface area contributed by atoms with Crippen LogP contribution in [0.25, 0.3) is 11.1 Å². The first-order valence-corrected chi connectivity index (χ1v) is 6.59. The van der Waals surface area contributed by atoms with Crippen molar-refractivity contribution in [1.82, 2.24) is 9.47 Å². The minimum Gasteiger partial charge on any atom is -0.408 e. The molecule has 1 saturated heterocycles. The first kappa shape index (κ1) is 12.4. The molecule has 1 fully saturated rings. The fraction of sp³-hybridized carbons (Fsp3) is 0.500. The number of oxazole rings is 1. The molecule has 0 saturated carbocycles. The van der Waals surface area contributed by atoms with Crippen LogP contribution in [0.2, 0.25) is 0 Å². The van der Waals surface area contributed by atoms with Crippen molar-refractivity contribution in [2.45, 2.75) is 32.7 Å². The van der Waals surface area contributed by atoms with Crippen molar-refractivity contribution < 1.29 is 9.15 Å². The van der Waals surface area contributed by atoms with Gasteiger partial charge in [-0.1, -0.05) is 12.1 Å². The summed E-state index contributed by atoms with van der Waals surface area (Å²) in [4.78, 5) is 14.1. The maximum Gasteiger partial charge on any atom is 0.421 e. The molecule has 1 aliphatic rings. The second kappa shape index (κ2) is 4.83. The number of benzene rings is 1. The smallest absolute Gasteiger partial charge is 0.408 e. The van der Waals surface area contributed by atoms with Crippen molar-refractivity contribution >= 4 is 11.1 Å². The zero-order chi connectivity index (χ0) is 13.4. The third kappa shape index (κ3) is 2.43. The monoisotopic (exact) mass is 262 g/mol. The van der Waals surface area contributed by atoms with Crippen LogP contribution in [0.3, 0.4) is 0 Å². The molecular weight excluding hydrogens is 244 g/mol. The van der Waals surface area contributed by atoms with Gasteiger partial charge in [-0.15, -0.1) is 0 Å². The lowest BCUT2D eigenvalue weighted by Crippen LogP contribution is -2.46. The van der Waals surface area contributed by atoms with Crippen LogP contribution < -0.4 is 5.76 Å². The second-order valence-corrected chi connectivity index (χ2v) is 5.20. The van der Waals surface area contributed by atoms with Crippen LogP contribution in [0.15, 0.2) is 33.5 Å². The molecule has 2 heterocycles. The van der Waals surface area contributed by atoms with E-state index in [-0.39, 0.29) is 18.0 Å². The molecule has 19 heavy (non-hydrogen) atoms. The first-order valence-electron chi connectivity index (χ1n) is 6.59. The van der Waals surface area contributed by atoms with Gasteiger partial charge in [-0.25, -0.2) is 4.79 Å². The van der Waals surface area contributed by atoms with Gasteiger partial charge >= 0.3 is 5.76 Å². The second-order valence-electron chi connectivity index (χ2n) is 5.20. The van der Waals surface area contributed by atoms with E-state index in [9.17, 15) is 4.79 Å². The molecule has 1 aromatic heterocycles. The van der Waals surface area contributed by atoms with Gasteiger partial charge in [0.2, 0.25) is 0 Å². The van der Waals surface area contributed by atoms with Gasteiger partial charge in [-0.05, 0) is 26.0 Å². The zero-order valence-electron chi connectivity index (χ0n) is 11.2. The van der Waals surface area contributed by atoms with Crippen LogP contribution in [0.4, 0.5) is 0 Å². The molecule has 0 spiro atoms. The summed E-state index contributed by atoms with van der Waals surface area (Å²) in [6, 6.07) is 7.51. The van der Waals surface area contributed by atoms with Crippen molar-refractivity contribution in [1.29, 1.82) is 0 Å². The molecule has 5 nitrogen and oxygen atoms in total. The van der Waals surface area contributed by atoms with E-state index in [0.29, 0.717) is 12.3 Å². The van der Waals surface area contributed by atoms with Crippen LogP contribution in [0.1, 0.15) is 13.8 Å². The van der Waals surface area contributed by atoms with E-state index in [0.717, 1.165) is 18.6 Å². The summed E-state index contributed by atoms with van der Waals surface area (Å²) in [6.45, 7) is 6.32. The number of fused-ring (bicyclic) bond motifs is 1. The maximum absolute atomic E-state index is 11.9. The van der Waals surface area contributed by atoms with E-state index < -0.39 is 0 Å². The molecule has 0 bridgehead atoms. The Morgan fingerprint density at radius 3 is 2.63 bits per heavy atom. The molecule has 5 heteroatoms. The fourth-order valence-electron chi connectivity index (χ4n) is 2.75. The molecule has 0 radical (unpaired) electrons. The highest BCUT2D eigenvalue weighted by molar-refractivity contribution is 5.72. The summed E-state index contributed by atoms with van der Waals surface area (Å²) in [5.74, 6) is -0.298. The van der Waals surface area contributed by atoms with Gasteiger partial charge in [0.25, 0.3) is 0 Å². The number of rotatable bonds is 2. The lowest BCUT2D eigenvalue weighted by atomic mass is 10.2. The van der Waals surface area contributed by atoms with Gasteiger partial charge in [0.15, 0.2) is 5.58 Å². The van der Waals surface area contributed by atoms with Crippen molar-refractivity contribution in [3.63, 3.8) is 0 Å². The lowest BCUT2D eigenvalue weighted by molar-refractivity contribution is -0.0766. The van der Waals surface area contributed by atoms with Crippen LogP contribution in [0, 0.1) is 0 Å². The third-order valence-corrected chi connectivity index (χ3v) is 3.41. The third-order valence-electron chi connectivity index (χ3n) is 3.41. The Kier molecular flexibility index (Phi) is 3.16. The average molecular weight is 262 g/mol. The Balaban J connectivity index is 1.89. The first-order chi connectivity index (χ1) is 9.13. The van der Waals surface area contributed by atoms with Crippen molar-refractivity contribution in [2.75, 3.05) is 13.1 Å². The van der Waals surface area contributed by atoms with Gasteiger partial charge in [-0.3, -0.25) is 9.47 Å². The number of hydrogen-bond acceptors (Lipinski definition) is 4. The van der Waals surface area contributed by atoms with Crippen LogP contribution in [0.5, 0.6) is 0 Å². The van der Waals surface area contributed by atoms with Crippen molar-refractivity contribution in [2.24, 2.45) is 0 Å². The van der Waals surface area contributed by atoms with Crippen LogP contribution in [-0.4, -0.2) is 34.8 Å². The quantitative estimate of drug-likeness (QED) is 0.826. The lowest BCUT2D eigenvalue weighted by Gasteiger charge is -2.35. The minimum atomic E-state index is -0.298. The zero-order valence-corrected chi connectivity index (χ0v) is 11.2. The topological polar surface area (TPSA) is 47.6 Å². The van der Waals surface area contributed by atoms with E-state index in [2.05, 4.69) is 18.7 Å². The molecule has 0 amide bonds. The Labute approximate surface area is 111 Å². The summed E-state index contributed by atoms with van der Waals surface area (Å²) in [6.07, 6.45) is 0.384. The Bertz CT molecular complexity index is 621. The average Bonchev–Trinajstić information content (AvgIpc) is 2.65. The minimum absolute atomic E-state index is 0.192. The summed E-state index contributed by atoms with van der Waals surface area (Å²) in [5.41, 5.74) is 1.49. The van der Waals surface area contributed by atoms with Gasteiger partial charge in [0.1, 0.15) is 0 Å². The van der Waals surface area contributed by atoms with E-state index in [1.54, 1.807) is 4.57 Å². The summed E-state index contributed by atoms with van der Waals surface area (Å²) in [5, 5.41) is 0.